The molecule has 0 N–H and O–H groups in total. The van der Waals surface area contributed by atoms with Crippen LogP contribution in [0.5, 0.6) is 0 Å². The average molecular weight is 314 g/mol. The van der Waals surface area contributed by atoms with Crippen molar-refractivity contribution in [3.8, 4) is 0 Å². The summed E-state index contributed by atoms with van der Waals surface area (Å²) in [5.41, 5.74) is 0.654. The van der Waals surface area contributed by atoms with Crippen LogP contribution in [0.3, 0.4) is 0 Å². The first-order chi connectivity index (χ1) is 8.08. The van der Waals surface area contributed by atoms with E-state index < -0.39 is 0 Å². The minimum absolute atomic E-state index is 0.0399. The topological polar surface area (TPSA) is 30.0 Å². The zero-order chi connectivity index (χ0) is 12.4. The monoisotopic (exact) mass is 313 g/mol. The van der Waals surface area contributed by atoms with Gasteiger partial charge in [-0.2, -0.15) is 0 Å². The second-order valence-corrected chi connectivity index (χ2v) is 5.58. The zero-order valence-electron chi connectivity index (χ0n) is 9.04. The summed E-state index contributed by atoms with van der Waals surface area (Å²) in [6, 6.07) is 4.69. The second-order valence-electron chi connectivity index (χ2n) is 3.56. The number of rotatable bonds is 3. The first-order valence-electron chi connectivity index (χ1n) is 4.96. The smallest absolute Gasteiger partial charge is 0.178 e. The minimum atomic E-state index is -0.351. The van der Waals surface area contributed by atoms with Crippen molar-refractivity contribution in [1.29, 1.82) is 0 Å². The Balaban J connectivity index is 2.21. The zero-order valence-corrected chi connectivity index (χ0v) is 11.4. The largest absolute Gasteiger partial charge is 0.293 e. The van der Waals surface area contributed by atoms with Crippen LogP contribution in [-0.4, -0.2) is 10.8 Å². The maximum absolute atomic E-state index is 13.3. The van der Waals surface area contributed by atoms with Crippen molar-refractivity contribution in [2.45, 2.75) is 13.3 Å². The van der Waals surface area contributed by atoms with Gasteiger partial charge in [0.25, 0.3) is 0 Å². The Morgan fingerprint density at radius 2 is 2.29 bits per heavy atom. The number of carbonyl (C=O) groups is 1. The van der Waals surface area contributed by atoms with E-state index in [2.05, 4.69) is 20.9 Å². The number of Topliss-reactive ketones (excluding diaryl/α,β-unsaturated/α-hetero) is 1. The van der Waals surface area contributed by atoms with E-state index in [4.69, 9.17) is 0 Å². The molecule has 0 saturated carbocycles. The number of aryl methyl sites for hydroxylation is 1. The van der Waals surface area contributed by atoms with Crippen molar-refractivity contribution >= 4 is 33.0 Å². The number of aromatic nitrogens is 1. The molecule has 88 valence electrons. The number of hydrogen-bond acceptors (Lipinski definition) is 3. The van der Waals surface area contributed by atoms with Gasteiger partial charge in [-0.05, 0) is 34.5 Å². The molecule has 0 atom stereocenters. The van der Waals surface area contributed by atoms with Crippen molar-refractivity contribution < 1.29 is 9.18 Å². The Kier molecular flexibility index (Phi) is 3.69. The van der Waals surface area contributed by atoms with Crippen LogP contribution in [0.1, 0.15) is 20.2 Å². The SMILES string of the molecule is Cc1ncc(C(=O)Cc2cccc(F)c2Br)s1. The molecule has 0 unspecified atom stereocenters. The molecule has 1 aromatic carbocycles. The van der Waals surface area contributed by atoms with Gasteiger partial charge < -0.3 is 0 Å². The number of halogens is 2. The highest BCUT2D eigenvalue weighted by molar-refractivity contribution is 9.10. The van der Waals surface area contributed by atoms with Crippen molar-refractivity contribution in [3.05, 3.63) is 50.1 Å². The Hall–Kier alpha value is -1.07. The molecule has 2 rings (SSSR count). The Labute approximate surface area is 111 Å². The van der Waals surface area contributed by atoms with Gasteiger partial charge in [-0.3, -0.25) is 4.79 Å². The summed E-state index contributed by atoms with van der Waals surface area (Å²) < 4.78 is 13.6. The summed E-state index contributed by atoms with van der Waals surface area (Å²) in [6.07, 6.45) is 1.75. The molecule has 5 heteroatoms. The minimum Gasteiger partial charge on any atom is -0.293 e. The van der Waals surface area contributed by atoms with Crippen molar-refractivity contribution in [3.63, 3.8) is 0 Å². The van der Waals surface area contributed by atoms with Crippen molar-refractivity contribution in [2.75, 3.05) is 0 Å². The molecule has 0 aliphatic heterocycles. The molecule has 0 saturated heterocycles. The number of benzene rings is 1. The van der Waals surface area contributed by atoms with Gasteiger partial charge in [0.1, 0.15) is 5.82 Å². The maximum Gasteiger partial charge on any atom is 0.178 e. The van der Waals surface area contributed by atoms with E-state index in [9.17, 15) is 9.18 Å². The molecule has 2 nitrogen and oxygen atoms in total. The van der Waals surface area contributed by atoms with Gasteiger partial charge in [0, 0.05) is 12.6 Å². The van der Waals surface area contributed by atoms with Crippen LogP contribution in [-0.2, 0) is 6.42 Å². The van der Waals surface area contributed by atoms with Crippen molar-refractivity contribution in [1.82, 2.24) is 4.98 Å². The lowest BCUT2D eigenvalue weighted by molar-refractivity contribution is 0.0996. The van der Waals surface area contributed by atoms with Gasteiger partial charge in [-0.1, -0.05) is 12.1 Å². The fraction of sp³-hybridized carbons (Fsp3) is 0.167. The highest BCUT2D eigenvalue weighted by Gasteiger charge is 2.13. The molecule has 0 bridgehead atoms. The van der Waals surface area contributed by atoms with Crippen molar-refractivity contribution in [2.24, 2.45) is 0 Å². The molecule has 0 amide bonds. The number of ketones is 1. The second kappa shape index (κ2) is 5.06. The third-order valence-electron chi connectivity index (χ3n) is 2.28. The van der Waals surface area contributed by atoms with E-state index in [1.807, 2.05) is 6.92 Å². The predicted octanol–water partition coefficient (Wildman–Crippen LogP) is 3.78. The van der Waals surface area contributed by atoms with Crippen LogP contribution in [0.4, 0.5) is 4.39 Å². The van der Waals surface area contributed by atoms with Crippen LogP contribution in [0.25, 0.3) is 0 Å². The van der Waals surface area contributed by atoms with Gasteiger partial charge in [0.05, 0.1) is 14.4 Å². The highest BCUT2D eigenvalue weighted by atomic mass is 79.9. The lowest BCUT2D eigenvalue weighted by Crippen LogP contribution is -2.02. The summed E-state index contributed by atoms with van der Waals surface area (Å²) in [5.74, 6) is -0.391. The van der Waals surface area contributed by atoms with Crippen LogP contribution >= 0.6 is 27.3 Å². The molecule has 0 fully saturated rings. The molecule has 0 aliphatic rings. The van der Waals surface area contributed by atoms with Gasteiger partial charge in [-0.15, -0.1) is 11.3 Å². The predicted molar refractivity (Wildman–Crippen MR) is 69.0 cm³/mol. The highest BCUT2D eigenvalue weighted by Crippen LogP contribution is 2.23. The summed E-state index contributed by atoms with van der Waals surface area (Å²) in [7, 11) is 0. The van der Waals surface area contributed by atoms with Gasteiger partial charge >= 0.3 is 0 Å². The van der Waals surface area contributed by atoms with Crippen LogP contribution < -0.4 is 0 Å². The lowest BCUT2D eigenvalue weighted by Gasteiger charge is -2.03. The molecule has 0 spiro atoms. The normalized spacial score (nSPS) is 10.5. The summed E-state index contributed by atoms with van der Waals surface area (Å²) in [5, 5.41) is 0.853. The van der Waals surface area contributed by atoms with Crippen LogP contribution in [0, 0.1) is 12.7 Å². The third kappa shape index (κ3) is 2.79. The van der Waals surface area contributed by atoms with E-state index >= 15 is 0 Å². The Morgan fingerprint density at radius 3 is 2.94 bits per heavy atom. The van der Waals surface area contributed by atoms with Crippen LogP contribution in [0.15, 0.2) is 28.9 Å². The molecule has 1 heterocycles. The molecular formula is C12H9BrFNOS. The first kappa shape index (κ1) is 12.4. The van der Waals surface area contributed by atoms with E-state index in [1.165, 1.54) is 17.4 Å². The van der Waals surface area contributed by atoms with E-state index in [1.54, 1.807) is 18.3 Å². The molecule has 0 radical (unpaired) electrons. The van der Waals surface area contributed by atoms with E-state index in [0.29, 0.717) is 14.9 Å². The van der Waals surface area contributed by atoms with E-state index in [-0.39, 0.29) is 18.0 Å². The number of hydrogen-bond donors (Lipinski definition) is 0. The maximum atomic E-state index is 13.3. The molecular weight excluding hydrogens is 305 g/mol. The van der Waals surface area contributed by atoms with E-state index in [0.717, 1.165) is 5.01 Å². The quantitative estimate of drug-likeness (QED) is 0.807. The van der Waals surface area contributed by atoms with Gasteiger partial charge in [0.15, 0.2) is 5.78 Å². The van der Waals surface area contributed by atoms with Gasteiger partial charge in [-0.25, -0.2) is 9.37 Å². The molecule has 17 heavy (non-hydrogen) atoms. The Morgan fingerprint density at radius 1 is 1.53 bits per heavy atom. The lowest BCUT2D eigenvalue weighted by atomic mass is 10.1. The number of thiazole rings is 1. The fourth-order valence-corrected chi connectivity index (χ4v) is 2.55. The number of carbonyl (C=O) groups excluding carboxylic acids is 1. The summed E-state index contributed by atoms with van der Waals surface area (Å²) in [6.45, 7) is 1.85. The molecule has 0 aliphatic carbocycles. The van der Waals surface area contributed by atoms with Gasteiger partial charge in [0.2, 0.25) is 0 Å². The standard InChI is InChI=1S/C12H9BrFNOS/c1-7-15-6-11(17-7)10(16)5-8-3-2-4-9(14)12(8)13/h2-4,6H,5H2,1H3. The third-order valence-corrected chi connectivity index (χ3v) is 4.12. The molecule has 1 aromatic heterocycles. The summed E-state index contributed by atoms with van der Waals surface area (Å²) >= 11 is 4.50. The number of nitrogens with zero attached hydrogens (tertiary/aromatic N) is 1. The summed E-state index contributed by atoms with van der Waals surface area (Å²) in [4.78, 5) is 16.6. The molecule has 2 aromatic rings. The average Bonchev–Trinajstić information content (AvgIpc) is 2.72. The fourth-order valence-electron chi connectivity index (χ4n) is 1.44. The first-order valence-corrected chi connectivity index (χ1v) is 6.57. The Bertz CT molecular complexity index is 567. The van der Waals surface area contributed by atoms with Crippen LogP contribution in [0.2, 0.25) is 0 Å².